The van der Waals surface area contributed by atoms with Crippen molar-refractivity contribution < 1.29 is 14.6 Å². The van der Waals surface area contributed by atoms with Crippen molar-refractivity contribution in [3.63, 3.8) is 0 Å². The Morgan fingerprint density at radius 3 is 2.35 bits per heavy atom. The molecule has 0 aliphatic carbocycles. The number of hydrogen-bond acceptors (Lipinski definition) is 3. The molecule has 0 aromatic heterocycles. The molecular formula is C21H28N2O3. The molecule has 0 fully saturated rings. The highest BCUT2D eigenvalue weighted by Gasteiger charge is 2.36. The van der Waals surface area contributed by atoms with Crippen molar-refractivity contribution in [2.45, 2.75) is 25.4 Å². The van der Waals surface area contributed by atoms with Gasteiger partial charge in [0.1, 0.15) is 5.75 Å². The standard InChI is InChI=1S/C21H28N2O3/c1-15-8-6-7-9-18(15)19(14-22-20(24)23(3)4)21(2,25)16-10-12-17(26-5)13-11-16/h6-13,19,25H,14H2,1-5H3,(H,22,24). The van der Waals surface area contributed by atoms with E-state index in [1.807, 2.05) is 55.5 Å². The zero-order valence-electron chi connectivity index (χ0n) is 16.1. The molecule has 0 saturated heterocycles. The second-order valence-electron chi connectivity index (χ2n) is 6.87. The van der Waals surface area contributed by atoms with Gasteiger partial charge in [-0.05, 0) is 42.7 Å². The van der Waals surface area contributed by atoms with Crippen molar-refractivity contribution in [3.8, 4) is 5.75 Å². The number of nitrogens with one attached hydrogen (secondary N) is 1. The quantitative estimate of drug-likeness (QED) is 0.835. The van der Waals surface area contributed by atoms with Crippen molar-refractivity contribution in [2.24, 2.45) is 0 Å². The highest BCUT2D eigenvalue weighted by molar-refractivity contribution is 5.73. The number of methoxy groups -OCH3 is 1. The first-order chi connectivity index (χ1) is 12.3. The Bertz CT molecular complexity index is 739. The van der Waals surface area contributed by atoms with Crippen LogP contribution in [0, 0.1) is 6.92 Å². The lowest BCUT2D eigenvalue weighted by atomic mass is 9.77. The molecule has 2 atom stereocenters. The lowest BCUT2D eigenvalue weighted by Gasteiger charge is -2.35. The van der Waals surface area contributed by atoms with Crippen molar-refractivity contribution >= 4 is 6.03 Å². The third kappa shape index (κ3) is 4.35. The van der Waals surface area contributed by atoms with Gasteiger partial charge >= 0.3 is 6.03 Å². The fourth-order valence-electron chi connectivity index (χ4n) is 3.07. The molecule has 0 radical (unpaired) electrons. The number of rotatable bonds is 6. The van der Waals surface area contributed by atoms with Crippen molar-refractivity contribution in [2.75, 3.05) is 27.7 Å². The SMILES string of the molecule is COc1ccc(C(C)(O)C(CNC(=O)N(C)C)c2ccccc2C)cc1. The summed E-state index contributed by atoms with van der Waals surface area (Å²) in [5.74, 6) is 0.430. The van der Waals surface area contributed by atoms with Crippen LogP contribution in [0.5, 0.6) is 5.75 Å². The number of amides is 2. The Balaban J connectivity index is 2.40. The largest absolute Gasteiger partial charge is 0.497 e. The molecule has 2 rings (SSSR count). The molecule has 2 unspecified atom stereocenters. The zero-order chi connectivity index (χ0) is 19.3. The van der Waals surface area contributed by atoms with Gasteiger partial charge in [-0.2, -0.15) is 0 Å². The number of aryl methyl sites for hydroxylation is 1. The van der Waals surface area contributed by atoms with E-state index in [9.17, 15) is 9.90 Å². The second kappa shape index (κ2) is 8.23. The van der Waals surface area contributed by atoms with Crippen LogP contribution < -0.4 is 10.1 Å². The van der Waals surface area contributed by atoms with Crippen LogP contribution in [0.1, 0.15) is 29.5 Å². The Hall–Kier alpha value is -2.53. The fourth-order valence-corrected chi connectivity index (χ4v) is 3.07. The summed E-state index contributed by atoms with van der Waals surface area (Å²) >= 11 is 0. The van der Waals surface area contributed by atoms with Gasteiger partial charge in [-0.1, -0.05) is 36.4 Å². The maximum Gasteiger partial charge on any atom is 0.316 e. The Labute approximate surface area is 155 Å². The average molecular weight is 356 g/mol. The first-order valence-electron chi connectivity index (χ1n) is 8.65. The minimum absolute atomic E-state index is 0.186. The zero-order valence-corrected chi connectivity index (χ0v) is 16.1. The number of carbonyl (C=O) groups is 1. The first-order valence-corrected chi connectivity index (χ1v) is 8.65. The molecule has 0 aliphatic rings. The van der Waals surface area contributed by atoms with Crippen molar-refractivity contribution in [3.05, 3.63) is 65.2 Å². The maximum absolute atomic E-state index is 12.0. The number of nitrogens with zero attached hydrogens (tertiary/aromatic N) is 1. The molecule has 0 aliphatic heterocycles. The maximum atomic E-state index is 12.0. The number of ether oxygens (including phenoxy) is 1. The smallest absolute Gasteiger partial charge is 0.316 e. The summed E-state index contributed by atoms with van der Waals surface area (Å²) in [4.78, 5) is 13.5. The molecule has 2 N–H and O–H groups in total. The summed E-state index contributed by atoms with van der Waals surface area (Å²) < 4.78 is 5.21. The van der Waals surface area contributed by atoms with E-state index in [-0.39, 0.29) is 11.9 Å². The Morgan fingerprint density at radius 1 is 1.19 bits per heavy atom. The normalized spacial score (nSPS) is 14.2. The van der Waals surface area contributed by atoms with Crippen LogP contribution in [0.25, 0.3) is 0 Å². The third-order valence-corrected chi connectivity index (χ3v) is 4.78. The molecule has 26 heavy (non-hydrogen) atoms. The molecular weight excluding hydrogens is 328 g/mol. The summed E-state index contributed by atoms with van der Waals surface area (Å²) in [6, 6.07) is 15.1. The highest BCUT2D eigenvalue weighted by atomic mass is 16.5. The van der Waals surface area contributed by atoms with E-state index in [4.69, 9.17) is 4.74 Å². The average Bonchev–Trinajstić information content (AvgIpc) is 2.62. The molecule has 2 aromatic carbocycles. The number of hydrogen-bond donors (Lipinski definition) is 2. The van der Waals surface area contributed by atoms with Crippen molar-refractivity contribution in [1.82, 2.24) is 10.2 Å². The van der Waals surface area contributed by atoms with E-state index >= 15 is 0 Å². The van der Waals surface area contributed by atoms with E-state index in [0.29, 0.717) is 6.54 Å². The second-order valence-corrected chi connectivity index (χ2v) is 6.87. The van der Waals surface area contributed by atoms with Crippen LogP contribution in [0.4, 0.5) is 4.79 Å². The Kier molecular flexibility index (Phi) is 6.27. The van der Waals surface area contributed by atoms with Crippen molar-refractivity contribution in [1.29, 1.82) is 0 Å². The van der Waals surface area contributed by atoms with Gasteiger partial charge in [0.15, 0.2) is 0 Å². The van der Waals surface area contributed by atoms with Gasteiger partial charge in [-0.25, -0.2) is 4.79 Å². The molecule has 0 spiro atoms. The predicted octanol–water partition coefficient (Wildman–Crippen LogP) is 3.27. The minimum Gasteiger partial charge on any atom is -0.497 e. The molecule has 2 amide bonds. The summed E-state index contributed by atoms with van der Waals surface area (Å²) in [5.41, 5.74) is 1.68. The van der Waals surface area contributed by atoms with Gasteiger partial charge in [0.25, 0.3) is 0 Å². The highest BCUT2D eigenvalue weighted by Crippen LogP contribution is 2.38. The van der Waals surface area contributed by atoms with Gasteiger partial charge in [0.2, 0.25) is 0 Å². The summed E-state index contributed by atoms with van der Waals surface area (Å²) in [7, 11) is 5.00. The molecule has 140 valence electrons. The van der Waals surface area contributed by atoms with E-state index in [1.165, 1.54) is 4.90 Å². The molecule has 5 nitrogen and oxygen atoms in total. The van der Waals surface area contributed by atoms with Crippen LogP contribution in [0.2, 0.25) is 0 Å². The monoisotopic (exact) mass is 356 g/mol. The number of aliphatic hydroxyl groups is 1. The topological polar surface area (TPSA) is 61.8 Å². The van der Waals surface area contributed by atoms with Gasteiger partial charge in [0.05, 0.1) is 12.7 Å². The molecule has 0 saturated carbocycles. The minimum atomic E-state index is -1.17. The van der Waals surface area contributed by atoms with Gasteiger partial charge < -0.3 is 20.1 Å². The molecule has 0 heterocycles. The molecule has 0 bridgehead atoms. The Morgan fingerprint density at radius 2 is 1.81 bits per heavy atom. The van der Waals surface area contributed by atoms with E-state index in [0.717, 1.165) is 22.4 Å². The van der Waals surface area contributed by atoms with Gasteiger partial charge in [-0.15, -0.1) is 0 Å². The lowest BCUT2D eigenvalue weighted by molar-refractivity contribution is 0.0267. The van der Waals surface area contributed by atoms with E-state index < -0.39 is 5.60 Å². The first kappa shape index (κ1) is 19.8. The fraction of sp³-hybridized carbons (Fsp3) is 0.381. The molecule has 2 aromatic rings. The van der Waals surface area contributed by atoms with Crippen LogP contribution in [-0.2, 0) is 5.60 Å². The van der Waals surface area contributed by atoms with E-state index in [2.05, 4.69) is 5.32 Å². The number of carbonyl (C=O) groups excluding carboxylic acids is 1. The predicted molar refractivity (Wildman–Crippen MR) is 104 cm³/mol. The van der Waals surface area contributed by atoms with Gasteiger partial charge in [-0.3, -0.25) is 0 Å². The molecule has 5 heteroatoms. The number of benzene rings is 2. The van der Waals surface area contributed by atoms with Gasteiger partial charge in [0, 0.05) is 26.6 Å². The third-order valence-electron chi connectivity index (χ3n) is 4.78. The van der Waals surface area contributed by atoms with Crippen LogP contribution in [-0.4, -0.2) is 43.8 Å². The lowest BCUT2D eigenvalue weighted by Crippen LogP contribution is -2.42. The summed E-state index contributed by atoms with van der Waals surface area (Å²) in [6.45, 7) is 4.12. The van der Waals surface area contributed by atoms with Crippen LogP contribution in [0.15, 0.2) is 48.5 Å². The van der Waals surface area contributed by atoms with E-state index in [1.54, 1.807) is 28.1 Å². The summed E-state index contributed by atoms with van der Waals surface area (Å²) in [5, 5.41) is 14.3. The van der Waals surface area contributed by atoms with Crippen LogP contribution >= 0.6 is 0 Å². The van der Waals surface area contributed by atoms with Crippen LogP contribution in [0.3, 0.4) is 0 Å². The number of urea groups is 1. The summed E-state index contributed by atoms with van der Waals surface area (Å²) in [6.07, 6.45) is 0.